The third kappa shape index (κ3) is 1.90. The Morgan fingerprint density at radius 3 is 2.29 bits per heavy atom. The highest BCUT2D eigenvalue weighted by Crippen LogP contribution is 2.30. The van der Waals surface area contributed by atoms with E-state index in [1.807, 2.05) is 6.92 Å². The second-order valence-corrected chi connectivity index (χ2v) is 4.22. The van der Waals surface area contributed by atoms with Gasteiger partial charge in [-0.05, 0) is 37.5 Å². The summed E-state index contributed by atoms with van der Waals surface area (Å²) in [6.45, 7) is 2.01. The molecule has 2 heteroatoms. The van der Waals surface area contributed by atoms with Crippen LogP contribution in [0.1, 0.15) is 31.4 Å². The summed E-state index contributed by atoms with van der Waals surface area (Å²) in [6, 6.07) is 9.48. The van der Waals surface area contributed by atoms with E-state index in [1.165, 1.54) is 24.1 Å². The van der Waals surface area contributed by atoms with Gasteiger partial charge in [0.05, 0.1) is 0 Å². The summed E-state index contributed by atoms with van der Waals surface area (Å²) < 4.78 is 0. The molecule has 0 heterocycles. The minimum atomic E-state index is 0.135. The van der Waals surface area contributed by atoms with E-state index in [4.69, 9.17) is 5.73 Å². The van der Waals surface area contributed by atoms with E-state index >= 15 is 0 Å². The van der Waals surface area contributed by atoms with Crippen molar-refractivity contribution in [2.75, 3.05) is 11.9 Å². The summed E-state index contributed by atoms with van der Waals surface area (Å²) in [5, 5.41) is 0. The van der Waals surface area contributed by atoms with Crippen LogP contribution in [0.2, 0.25) is 0 Å². The van der Waals surface area contributed by atoms with Crippen LogP contribution in [0.5, 0.6) is 0 Å². The number of rotatable bonds is 3. The summed E-state index contributed by atoms with van der Waals surface area (Å²) in [6.07, 6.45) is 2.68. The van der Waals surface area contributed by atoms with Crippen LogP contribution in [-0.4, -0.2) is 13.1 Å². The lowest BCUT2D eigenvalue weighted by Crippen LogP contribution is -2.19. The summed E-state index contributed by atoms with van der Waals surface area (Å²) in [5.74, 6) is 0. The maximum Gasteiger partial charge on any atom is 0.0366 e. The first-order valence-electron chi connectivity index (χ1n) is 5.27. The van der Waals surface area contributed by atoms with E-state index < -0.39 is 0 Å². The van der Waals surface area contributed by atoms with Gasteiger partial charge in [-0.1, -0.05) is 12.1 Å². The smallest absolute Gasteiger partial charge is 0.0366 e. The molecule has 0 spiro atoms. The largest absolute Gasteiger partial charge is 0.372 e. The van der Waals surface area contributed by atoms with E-state index in [2.05, 4.69) is 36.2 Å². The number of hydrogen-bond donors (Lipinski definition) is 1. The van der Waals surface area contributed by atoms with Crippen molar-refractivity contribution in [3.05, 3.63) is 29.8 Å². The molecular weight excluding hydrogens is 172 g/mol. The average molecular weight is 190 g/mol. The maximum atomic E-state index is 5.80. The fourth-order valence-electron chi connectivity index (χ4n) is 1.69. The SMILES string of the molecule is C[C@@H](N)c1ccc(N(C)C2CC2)cc1. The molecule has 0 aliphatic heterocycles. The van der Waals surface area contributed by atoms with Crippen LogP contribution < -0.4 is 10.6 Å². The fourth-order valence-corrected chi connectivity index (χ4v) is 1.69. The van der Waals surface area contributed by atoms with Gasteiger partial charge in [-0.2, -0.15) is 0 Å². The zero-order valence-electron chi connectivity index (χ0n) is 8.90. The highest BCUT2D eigenvalue weighted by atomic mass is 15.2. The third-order valence-electron chi connectivity index (χ3n) is 2.92. The van der Waals surface area contributed by atoms with Crippen LogP contribution in [-0.2, 0) is 0 Å². The first-order valence-corrected chi connectivity index (χ1v) is 5.27. The molecule has 2 nitrogen and oxygen atoms in total. The lowest BCUT2D eigenvalue weighted by atomic mass is 10.1. The molecule has 1 fully saturated rings. The van der Waals surface area contributed by atoms with E-state index in [1.54, 1.807) is 0 Å². The van der Waals surface area contributed by atoms with Gasteiger partial charge in [0.1, 0.15) is 0 Å². The van der Waals surface area contributed by atoms with Gasteiger partial charge in [-0.25, -0.2) is 0 Å². The topological polar surface area (TPSA) is 29.3 Å². The van der Waals surface area contributed by atoms with E-state index in [0.29, 0.717) is 0 Å². The van der Waals surface area contributed by atoms with Crippen molar-refractivity contribution in [2.24, 2.45) is 5.73 Å². The standard InChI is InChI=1S/C12H18N2/c1-9(13)10-3-5-11(6-4-10)14(2)12-7-8-12/h3-6,9,12H,7-8,13H2,1-2H3/t9-/m1/s1. The number of benzene rings is 1. The number of hydrogen-bond acceptors (Lipinski definition) is 2. The first kappa shape index (κ1) is 9.53. The Hall–Kier alpha value is -1.02. The second kappa shape index (κ2) is 3.62. The Kier molecular flexibility index (Phi) is 2.46. The third-order valence-corrected chi connectivity index (χ3v) is 2.92. The van der Waals surface area contributed by atoms with Crippen molar-refractivity contribution >= 4 is 5.69 Å². The molecule has 1 atom stereocenters. The Balaban J connectivity index is 2.12. The number of nitrogens with two attached hydrogens (primary N) is 1. The Morgan fingerprint density at radius 1 is 1.29 bits per heavy atom. The van der Waals surface area contributed by atoms with Crippen LogP contribution in [0.15, 0.2) is 24.3 Å². The molecule has 2 rings (SSSR count). The van der Waals surface area contributed by atoms with Crippen molar-refractivity contribution in [3.63, 3.8) is 0 Å². The quantitative estimate of drug-likeness (QED) is 0.792. The molecule has 76 valence electrons. The molecule has 14 heavy (non-hydrogen) atoms. The molecule has 0 amide bonds. The molecule has 0 saturated heterocycles. The maximum absolute atomic E-state index is 5.80. The van der Waals surface area contributed by atoms with Crippen molar-refractivity contribution in [2.45, 2.75) is 31.8 Å². The van der Waals surface area contributed by atoms with Crippen LogP contribution in [0.4, 0.5) is 5.69 Å². The Bertz CT molecular complexity index is 299. The van der Waals surface area contributed by atoms with Gasteiger partial charge in [0.2, 0.25) is 0 Å². The van der Waals surface area contributed by atoms with Crippen molar-refractivity contribution in [1.29, 1.82) is 0 Å². The highest BCUT2D eigenvalue weighted by molar-refractivity contribution is 5.49. The lowest BCUT2D eigenvalue weighted by molar-refractivity contribution is 0.817. The average Bonchev–Trinajstić information content (AvgIpc) is 3.00. The summed E-state index contributed by atoms with van der Waals surface area (Å²) in [7, 11) is 2.17. The highest BCUT2D eigenvalue weighted by Gasteiger charge is 2.26. The Morgan fingerprint density at radius 2 is 1.86 bits per heavy atom. The predicted octanol–water partition coefficient (Wildman–Crippen LogP) is 2.30. The molecular formula is C12H18N2. The molecule has 1 saturated carbocycles. The summed E-state index contributed by atoms with van der Waals surface area (Å²) >= 11 is 0. The molecule has 0 bridgehead atoms. The fraction of sp³-hybridized carbons (Fsp3) is 0.500. The number of nitrogens with zero attached hydrogens (tertiary/aromatic N) is 1. The van der Waals surface area contributed by atoms with E-state index in [-0.39, 0.29) is 6.04 Å². The van der Waals surface area contributed by atoms with Gasteiger partial charge in [0, 0.05) is 24.8 Å². The van der Waals surface area contributed by atoms with Crippen LogP contribution in [0, 0.1) is 0 Å². The van der Waals surface area contributed by atoms with Crippen molar-refractivity contribution < 1.29 is 0 Å². The minimum absolute atomic E-state index is 0.135. The van der Waals surface area contributed by atoms with Gasteiger partial charge in [0.15, 0.2) is 0 Å². The van der Waals surface area contributed by atoms with Crippen LogP contribution in [0.3, 0.4) is 0 Å². The van der Waals surface area contributed by atoms with Gasteiger partial charge in [0.25, 0.3) is 0 Å². The zero-order chi connectivity index (χ0) is 10.1. The molecule has 1 aromatic rings. The minimum Gasteiger partial charge on any atom is -0.372 e. The predicted molar refractivity (Wildman–Crippen MR) is 60.5 cm³/mol. The van der Waals surface area contributed by atoms with E-state index in [9.17, 15) is 0 Å². The molecule has 1 aliphatic carbocycles. The van der Waals surface area contributed by atoms with Gasteiger partial charge in [-0.3, -0.25) is 0 Å². The molecule has 1 aromatic carbocycles. The molecule has 1 aliphatic rings. The monoisotopic (exact) mass is 190 g/mol. The molecule has 0 radical (unpaired) electrons. The number of anilines is 1. The van der Waals surface area contributed by atoms with Crippen molar-refractivity contribution in [3.8, 4) is 0 Å². The Labute approximate surface area is 85.7 Å². The van der Waals surface area contributed by atoms with Gasteiger partial charge in [-0.15, -0.1) is 0 Å². The lowest BCUT2D eigenvalue weighted by Gasteiger charge is -2.19. The molecule has 2 N–H and O–H groups in total. The van der Waals surface area contributed by atoms with Crippen LogP contribution >= 0.6 is 0 Å². The first-order chi connectivity index (χ1) is 6.68. The van der Waals surface area contributed by atoms with Gasteiger partial charge < -0.3 is 10.6 Å². The molecule has 0 aromatic heterocycles. The summed E-state index contributed by atoms with van der Waals surface area (Å²) in [4.78, 5) is 2.35. The molecule has 0 unspecified atom stereocenters. The summed E-state index contributed by atoms with van der Waals surface area (Å²) in [5.41, 5.74) is 8.31. The van der Waals surface area contributed by atoms with E-state index in [0.717, 1.165) is 6.04 Å². The second-order valence-electron chi connectivity index (χ2n) is 4.22. The van der Waals surface area contributed by atoms with Crippen LogP contribution in [0.25, 0.3) is 0 Å². The van der Waals surface area contributed by atoms with Crippen molar-refractivity contribution in [1.82, 2.24) is 0 Å². The zero-order valence-corrected chi connectivity index (χ0v) is 8.90. The normalized spacial score (nSPS) is 17.9. The van der Waals surface area contributed by atoms with Gasteiger partial charge >= 0.3 is 0 Å².